The maximum Gasteiger partial charge on any atom is 0.164 e. The molecule has 0 saturated heterocycles. The topological polar surface area (TPSA) is 116 Å². The van der Waals surface area contributed by atoms with Crippen LogP contribution in [0.3, 0.4) is 0 Å². The minimum atomic E-state index is 0.651. The molecule has 3 aromatic heterocycles. The van der Waals surface area contributed by atoms with Crippen LogP contribution >= 0.6 is 0 Å². The van der Waals surface area contributed by atoms with E-state index < -0.39 is 0 Å². The van der Waals surface area contributed by atoms with Gasteiger partial charge >= 0.3 is 0 Å². The summed E-state index contributed by atoms with van der Waals surface area (Å²) in [6.45, 7) is 0. The standard InChI is InChI=1S/C47H29N3.2C43H27N3/c1-2-10-34(11-3-1)45-48-46(50-47(49-45)39-21-16-30-8-4-5-12-36(30)29-39)35-18-14-31(15-19-35)37-24-25-41-38(28-37)20-17-33-23-26-42-40-13-7-6-9-32(40)22-27-43(42)44(33)41;1-3-13-30(14-4-1)41-44-42(31-15-5-2-6-16-31)46-43(45-41)39-19-10-9-18-34(39)33-20-11-21-37-36(33)26-24-29-23-25-35-32-17-8-7-12-28(32)22-27-38(35)40(29)37;1-3-12-30(13-4-1)41-44-42(31-14-5-2-6-15-31)46-43(45-41)39-18-10-9-16-34(39)32-22-24-35-33(27-32)23-26-38-37(35)25-21-29-20-19-28-11-7-8-17-36(28)40(29)38/h1-29H;2*1-27H. The summed E-state index contributed by atoms with van der Waals surface area (Å²) in [5.41, 5.74) is 15.4. The molecule has 142 heavy (non-hydrogen) atoms. The highest BCUT2D eigenvalue weighted by atomic mass is 15.1. The van der Waals surface area contributed by atoms with Crippen molar-refractivity contribution in [2.24, 2.45) is 0 Å². The van der Waals surface area contributed by atoms with Gasteiger partial charge in [0.05, 0.1) is 0 Å². The number of benzene rings is 25. The van der Waals surface area contributed by atoms with Crippen LogP contribution in [0.4, 0.5) is 0 Å². The summed E-state index contributed by atoms with van der Waals surface area (Å²) in [6, 6.07) is 178. The molecule has 0 N–H and O–H groups in total. The smallest absolute Gasteiger partial charge is 0.164 e. The van der Waals surface area contributed by atoms with E-state index in [1.165, 1.54) is 140 Å². The van der Waals surface area contributed by atoms with Crippen molar-refractivity contribution in [3.8, 4) is 136 Å². The van der Waals surface area contributed by atoms with Crippen LogP contribution in [0.25, 0.3) is 276 Å². The molecule has 0 spiro atoms. The molecular formula is C133H83N9. The zero-order chi connectivity index (χ0) is 93.9. The normalized spacial score (nSPS) is 11.5. The van der Waals surface area contributed by atoms with Crippen LogP contribution < -0.4 is 0 Å². The number of rotatable bonds is 12. The van der Waals surface area contributed by atoms with E-state index in [2.05, 4.69) is 352 Å². The van der Waals surface area contributed by atoms with E-state index in [0.29, 0.717) is 52.4 Å². The average Bonchev–Trinajstić information content (AvgIpc) is 0.743. The SMILES string of the molecule is c1ccc(-c2nc(-c3ccc(-c4ccc5c(ccc6ccc7c8ccccc8ccc7c65)c4)cc3)nc(-c3ccc4ccccc4c3)n2)cc1.c1ccc(-c2nc(-c3ccccc3)nc(-c3ccccc3-c3ccc4c(ccc5c4ccc4ccc6ccccc6c45)c3)n2)cc1.c1ccc(-c2nc(-c3ccccc3)nc(-c3ccccc3-c3cccc4c3ccc3ccc5c6ccccc6ccc5c34)n2)cc1. The van der Waals surface area contributed by atoms with Crippen LogP contribution in [0.1, 0.15) is 0 Å². The first-order valence-electron chi connectivity index (χ1n) is 48.0. The maximum atomic E-state index is 5.06. The molecule has 660 valence electrons. The minimum absolute atomic E-state index is 0.651. The molecular weight excluding hydrogens is 1720 g/mol. The molecule has 0 bridgehead atoms. The van der Waals surface area contributed by atoms with Crippen molar-refractivity contribution < 1.29 is 0 Å². The van der Waals surface area contributed by atoms with Gasteiger partial charge in [-0.1, -0.05) is 485 Å². The summed E-state index contributed by atoms with van der Waals surface area (Å²) in [6.07, 6.45) is 0. The third-order valence-electron chi connectivity index (χ3n) is 27.7. The molecule has 28 aromatic rings. The van der Waals surface area contributed by atoms with E-state index in [1.807, 2.05) is 152 Å². The highest BCUT2D eigenvalue weighted by Crippen LogP contribution is 2.46. The average molecular weight is 1810 g/mol. The van der Waals surface area contributed by atoms with E-state index in [9.17, 15) is 0 Å². The van der Waals surface area contributed by atoms with Crippen LogP contribution in [-0.4, -0.2) is 44.9 Å². The lowest BCUT2D eigenvalue weighted by atomic mass is 9.89. The van der Waals surface area contributed by atoms with Gasteiger partial charge in [-0.3, -0.25) is 0 Å². The van der Waals surface area contributed by atoms with Crippen LogP contribution in [0.2, 0.25) is 0 Å². The Kier molecular flexibility index (Phi) is 21.1. The zero-order valence-electron chi connectivity index (χ0n) is 76.9. The fourth-order valence-electron chi connectivity index (χ4n) is 20.8. The monoisotopic (exact) mass is 1810 g/mol. The molecule has 0 fully saturated rings. The second-order valence-corrected chi connectivity index (χ2v) is 36.1. The summed E-state index contributed by atoms with van der Waals surface area (Å²) >= 11 is 0. The molecule has 3 heterocycles. The van der Waals surface area contributed by atoms with E-state index in [1.54, 1.807) is 0 Å². The third kappa shape index (κ3) is 15.5. The van der Waals surface area contributed by atoms with Gasteiger partial charge in [-0.25, -0.2) is 44.9 Å². The molecule has 0 unspecified atom stereocenters. The van der Waals surface area contributed by atoms with Crippen LogP contribution in [-0.2, 0) is 0 Å². The largest absolute Gasteiger partial charge is 0.208 e. The second kappa shape index (κ2) is 35.9. The van der Waals surface area contributed by atoms with Crippen molar-refractivity contribution in [2.45, 2.75) is 0 Å². The van der Waals surface area contributed by atoms with E-state index in [4.69, 9.17) is 44.9 Å². The predicted molar refractivity (Wildman–Crippen MR) is 592 cm³/mol. The van der Waals surface area contributed by atoms with Crippen molar-refractivity contribution in [3.05, 3.63) is 504 Å². The van der Waals surface area contributed by atoms with Gasteiger partial charge in [0.15, 0.2) is 52.4 Å². The van der Waals surface area contributed by atoms with Gasteiger partial charge in [0, 0.05) is 50.1 Å². The lowest BCUT2D eigenvalue weighted by Crippen LogP contribution is -2.01. The Balaban J connectivity index is 0.000000109. The van der Waals surface area contributed by atoms with Gasteiger partial charge in [0.25, 0.3) is 0 Å². The van der Waals surface area contributed by atoms with Crippen LogP contribution in [0, 0.1) is 0 Å². The molecule has 0 aliphatic heterocycles. The Bertz CT molecular complexity index is 9740. The fraction of sp³-hybridized carbons (Fsp3) is 0. The Hall–Kier alpha value is -19.1. The second-order valence-electron chi connectivity index (χ2n) is 36.1. The summed E-state index contributed by atoms with van der Waals surface area (Å²) in [7, 11) is 0. The number of hydrogen-bond donors (Lipinski definition) is 0. The summed E-state index contributed by atoms with van der Waals surface area (Å²) in [5, 5.41) is 32.7. The molecule has 9 heteroatoms. The minimum Gasteiger partial charge on any atom is -0.208 e. The van der Waals surface area contributed by atoms with Crippen LogP contribution in [0.15, 0.2) is 504 Å². The van der Waals surface area contributed by atoms with Gasteiger partial charge in [-0.15, -0.1) is 0 Å². The molecule has 0 radical (unpaired) electrons. The predicted octanol–water partition coefficient (Wildman–Crippen LogP) is 34.6. The number of fused-ring (bicyclic) bond motifs is 22. The summed E-state index contributed by atoms with van der Waals surface area (Å²) in [5.74, 6) is 5.89. The van der Waals surface area contributed by atoms with Gasteiger partial charge in [0.1, 0.15) is 0 Å². The van der Waals surface area contributed by atoms with Crippen molar-refractivity contribution in [3.63, 3.8) is 0 Å². The van der Waals surface area contributed by atoms with Gasteiger partial charge in [0.2, 0.25) is 0 Å². The molecule has 0 atom stereocenters. The Morgan fingerprint density at radius 3 is 0.824 bits per heavy atom. The third-order valence-corrected chi connectivity index (χ3v) is 27.7. The Morgan fingerprint density at radius 2 is 0.331 bits per heavy atom. The quantitative estimate of drug-likeness (QED) is 0.110. The van der Waals surface area contributed by atoms with Gasteiger partial charge < -0.3 is 0 Å². The molecule has 0 amide bonds. The highest BCUT2D eigenvalue weighted by Gasteiger charge is 2.23. The molecule has 28 rings (SSSR count). The van der Waals surface area contributed by atoms with Gasteiger partial charge in [-0.2, -0.15) is 0 Å². The van der Waals surface area contributed by atoms with E-state index in [-0.39, 0.29) is 0 Å². The van der Waals surface area contributed by atoms with E-state index in [0.717, 1.165) is 83.3 Å². The van der Waals surface area contributed by atoms with Crippen molar-refractivity contribution in [2.75, 3.05) is 0 Å². The van der Waals surface area contributed by atoms with Crippen molar-refractivity contribution in [1.29, 1.82) is 0 Å². The zero-order valence-corrected chi connectivity index (χ0v) is 76.9. The molecule has 0 aliphatic rings. The summed E-state index contributed by atoms with van der Waals surface area (Å²) in [4.78, 5) is 44.9. The van der Waals surface area contributed by atoms with Gasteiger partial charge in [-0.05, 0) is 192 Å². The van der Waals surface area contributed by atoms with Crippen LogP contribution in [0.5, 0.6) is 0 Å². The number of aromatic nitrogens is 9. The first-order chi connectivity index (χ1) is 70.4. The lowest BCUT2D eigenvalue weighted by molar-refractivity contribution is 1.07. The molecule has 0 aliphatic carbocycles. The maximum absolute atomic E-state index is 5.06. The fourth-order valence-corrected chi connectivity index (χ4v) is 20.8. The Morgan fingerprint density at radius 1 is 0.0915 bits per heavy atom. The summed E-state index contributed by atoms with van der Waals surface area (Å²) < 4.78 is 0. The number of nitrogens with zero attached hydrogens (tertiary/aromatic N) is 9. The van der Waals surface area contributed by atoms with Crippen molar-refractivity contribution in [1.82, 2.24) is 44.9 Å². The number of hydrogen-bond acceptors (Lipinski definition) is 9. The Labute approximate surface area is 818 Å². The molecule has 9 nitrogen and oxygen atoms in total. The first kappa shape index (κ1) is 83.5. The molecule has 25 aromatic carbocycles. The van der Waals surface area contributed by atoms with Crippen molar-refractivity contribution >= 4 is 140 Å². The van der Waals surface area contributed by atoms with E-state index >= 15 is 0 Å². The first-order valence-corrected chi connectivity index (χ1v) is 48.0. The highest BCUT2D eigenvalue weighted by molar-refractivity contribution is 6.29. The lowest BCUT2D eigenvalue weighted by Gasteiger charge is -2.15. The molecule has 0 saturated carbocycles.